The van der Waals surface area contributed by atoms with Crippen LogP contribution in [0.2, 0.25) is 0 Å². The molecule has 1 N–H and O–H groups in total. The van der Waals surface area contributed by atoms with E-state index >= 15 is 0 Å². The summed E-state index contributed by atoms with van der Waals surface area (Å²) < 4.78 is 1.63. The first-order chi connectivity index (χ1) is 14.8. The molecule has 0 radical (unpaired) electrons. The number of carbonyl (C=O) groups excluding carboxylic acids is 2. The Bertz CT molecular complexity index is 1150. The summed E-state index contributed by atoms with van der Waals surface area (Å²) in [5, 5.41) is 3.79. The highest BCUT2D eigenvalue weighted by atomic mass is 32.2. The number of hydrogen-bond donors (Lipinski definition) is 1. The molecule has 0 saturated heterocycles. The average molecular weight is 438 g/mol. The summed E-state index contributed by atoms with van der Waals surface area (Å²) in [6.45, 7) is 8.33. The highest BCUT2D eigenvalue weighted by Crippen LogP contribution is 2.21. The molecule has 3 rings (SSSR count). The van der Waals surface area contributed by atoms with Crippen LogP contribution in [0.3, 0.4) is 0 Å². The zero-order chi connectivity index (χ0) is 22.5. The van der Waals surface area contributed by atoms with Gasteiger partial charge in [0.15, 0.2) is 10.9 Å². The Morgan fingerprint density at radius 2 is 1.74 bits per heavy atom. The van der Waals surface area contributed by atoms with Crippen molar-refractivity contribution in [1.29, 1.82) is 0 Å². The minimum absolute atomic E-state index is 0.00492. The minimum Gasteiger partial charge on any atom is -0.350 e. The average Bonchev–Trinajstić information content (AvgIpc) is 2.73. The van der Waals surface area contributed by atoms with Gasteiger partial charge in [-0.1, -0.05) is 55.9 Å². The number of rotatable bonds is 8. The maximum atomic E-state index is 13.2. The lowest BCUT2D eigenvalue weighted by atomic mass is 10.1. The van der Waals surface area contributed by atoms with Crippen molar-refractivity contribution in [2.24, 2.45) is 5.92 Å². The third kappa shape index (κ3) is 5.61. The van der Waals surface area contributed by atoms with Crippen LogP contribution in [0.25, 0.3) is 10.9 Å². The summed E-state index contributed by atoms with van der Waals surface area (Å²) in [6, 6.07) is 14.0. The molecule has 162 valence electrons. The number of carbonyl (C=O) groups is 2. The molecule has 0 unspecified atom stereocenters. The third-order valence-corrected chi connectivity index (χ3v) is 5.55. The number of amides is 1. The van der Waals surface area contributed by atoms with Gasteiger partial charge in [0.1, 0.15) is 0 Å². The number of hydrogen-bond acceptors (Lipinski definition) is 5. The van der Waals surface area contributed by atoms with Gasteiger partial charge in [0.05, 0.1) is 16.7 Å². The summed E-state index contributed by atoms with van der Waals surface area (Å²) in [5.74, 6) is 0.171. The quantitative estimate of drug-likeness (QED) is 0.325. The van der Waals surface area contributed by atoms with E-state index in [2.05, 4.69) is 10.3 Å². The van der Waals surface area contributed by atoms with Crippen LogP contribution in [0.15, 0.2) is 58.5 Å². The highest BCUT2D eigenvalue weighted by Gasteiger charge is 2.17. The molecule has 0 aliphatic heterocycles. The Labute approximate surface area is 186 Å². The van der Waals surface area contributed by atoms with E-state index in [0.717, 1.165) is 0 Å². The van der Waals surface area contributed by atoms with E-state index in [4.69, 9.17) is 0 Å². The molecule has 0 saturated carbocycles. The van der Waals surface area contributed by atoms with E-state index < -0.39 is 0 Å². The summed E-state index contributed by atoms with van der Waals surface area (Å²) in [6.07, 6.45) is 0. The van der Waals surface area contributed by atoms with E-state index in [0.29, 0.717) is 33.7 Å². The van der Waals surface area contributed by atoms with Crippen molar-refractivity contribution >= 4 is 34.4 Å². The first kappa shape index (κ1) is 22.7. The van der Waals surface area contributed by atoms with Crippen LogP contribution in [0, 0.1) is 5.92 Å². The first-order valence-corrected chi connectivity index (χ1v) is 11.3. The lowest BCUT2D eigenvalue weighted by molar-refractivity contribution is 0.0942. The Balaban J connectivity index is 1.99. The maximum absolute atomic E-state index is 13.2. The van der Waals surface area contributed by atoms with E-state index in [1.54, 1.807) is 34.9 Å². The molecular weight excluding hydrogens is 410 g/mol. The Kier molecular flexibility index (Phi) is 7.28. The van der Waals surface area contributed by atoms with E-state index in [1.807, 2.05) is 45.9 Å². The molecule has 0 aliphatic rings. The van der Waals surface area contributed by atoms with Gasteiger partial charge in [0.2, 0.25) is 0 Å². The molecule has 0 atom stereocenters. The van der Waals surface area contributed by atoms with Crippen LogP contribution in [0.1, 0.15) is 48.4 Å². The standard InChI is InChI=1S/C24H27N3O3S/c1-15(2)13-27-23(30)19-11-10-18(22(29)25-16(3)4)12-20(19)26-24(27)31-14-21(28)17-8-6-5-7-9-17/h5-12,15-16H,13-14H2,1-4H3,(H,25,29). The second-order valence-corrected chi connectivity index (χ2v) is 9.08. The zero-order valence-electron chi connectivity index (χ0n) is 18.2. The molecule has 1 heterocycles. The monoisotopic (exact) mass is 437 g/mol. The van der Waals surface area contributed by atoms with Crippen molar-refractivity contribution in [1.82, 2.24) is 14.9 Å². The van der Waals surface area contributed by atoms with Crippen LogP contribution in [0.4, 0.5) is 0 Å². The summed E-state index contributed by atoms with van der Waals surface area (Å²) in [4.78, 5) is 42.8. The van der Waals surface area contributed by atoms with E-state index in [1.165, 1.54) is 11.8 Å². The molecule has 31 heavy (non-hydrogen) atoms. The SMILES string of the molecule is CC(C)Cn1c(SCC(=O)c2ccccc2)nc2cc(C(=O)NC(C)C)ccc2c1=O. The Morgan fingerprint density at radius 1 is 1.03 bits per heavy atom. The topological polar surface area (TPSA) is 81.1 Å². The highest BCUT2D eigenvalue weighted by molar-refractivity contribution is 7.99. The lowest BCUT2D eigenvalue weighted by Crippen LogP contribution is -2.30. The predicted octanol–water partition coefficient (Wildman–Crippen LogP) is 4.17. The predicted molar refractivity (Wildman–Crippen MR) is 125 cm³/mol. The van der Waals surface area contributed by atoms with E-state index in [9.17, 15) is 14.4 Å². The van der Waals surface area contributed by atoms with Gasteiger partial charge in [-0.2, -0.15) is 0 Å². The second-order valence-electron chi connectivity index (χ2n) is 8.14. The van der Waals surface area contributed by atoms with Crippen molar-refractivity contribution < 1.29 is 9.59 Å². The Morgan fingerprint density at radius 3 is 2.39 bits per heavy atom. The van der Waals surface area contributed by atoms with Crippen LogP contribution >= 0.6 is 11.8 Å². The summed E-state index contributed by atoms with van der Waals surface area (Å²) in [5.41, 5.74) is 1.37. The number of thioether (sulfide) groups is 1. The van der Waals surface area contributed by atoms with Gasteiger partial charge in [-0.3, -0.25) is 19.0 Å². The number of benzene rings is 2. The molecule has 0 aliphatic carbocycles. The summed E-state index contributed by atoms with van der Waals surface area (Å²) >= 11 is 1.25. The first-order valence-electron chi connectivity index (χ1n) is 10.3. The molecule has 6 nitrogen and oxygen atoms in total. The molecule has 1 aromatic heterocycles. The van der Waals surface area contributed by atoms with Crippen LogP contribution in [0.5, 0.6) is 0 Å². The van der Waals surface area contributed by atoms with Crippen LogP contribution in [-0.2, 0) is 6.54 Å². The van der Waals surface area contributed by atoms with Crippen LogP contribution < -0.4 is 10.9 Å². The molecule has 1 amide bonds. The second kappa shape index (κ2) is 9.92. The van der Waals surface area contributed by atoms with Gasteiger partial charge in [0.25, 0.3) is 11.5 Å². The van der Waals surface area contributed by atoms with Crippen molar-refractivity contribution in [3.63, 3.8) is 0 Å². The fourth-order valence-electron chi connectivity index (χ4n) is 3.16. The van der Waals surface area contributed by atoms with Gasteiger partial charge in [-0.05, 0) is 38.0 Å². The number of Topliss-reactive ketones (excluding diaryl/α,β-unsaturated/α-hetero) is 1. The smallest absolute Gasteiger partial charge is 0.262 e. The number of ketones is 1. The van der Waals surface area contributed by atoms with Gasteiger partial charge in [-0.15, -0.1) is 0 Å². The lowest BCUT2D eigenvalue weighted by Gasteiger charge is -2.15. The van der Waals surface area contributed by atoms with E-state index in [-0.39, 0.29) is 35.0 Å². The maximum Gasteiger partial charge on any atom is 0.262 e. The van der Waals surface area contributed by atoms with Gasteiger partial charge in [0, 0.05) is 23.7 Å². The normalized spacial score (nSPS) is 11.3. The van der Waals surface area contributed by atoms with Crippen LogP contribution in [-0.4, -0.2) is 33.0 Å². The minimum atomic E-state index is -0.210. The molecule has 0 fully saturated rings. The molecular formula is C24H27N3O3S. The fourth-order valence-corrected chi connectivity index (χ4v) is 4.06. The van der Waals surface area contributed by atoms with Crippen molar-refractivity contribution in [2.45, 2.75) is 45.4 Å². The Hall–Kier alpha value is -2.93. The van der Waals surface area contributed by atoms with Gasteiger partial charge < -0.3 is 5.32 Å². The number of nitrogens with zero attached hydrogens (tertiary/aromatic N) is 2. The largest absolute Gasteiger partial charge is 0.350 e. The van der Waals surface area contributed by atoms with Gasteiger partial charge >= 0.3 is 0 Å². The number of fused-ring (bicyclic) bond motifs is 1. The molecule has 0 spiro atoms. The van der Waals surface area contributed by atoms with Gasteiger partial charge in [-0.25, -0.2) is 4.98 Å². The molecule has 7 heteroatoms. The fraction of sp³-hybridized carbons (Fsp3) is 0.333. The molecule has 2 aromatic carbocycles. The number of nitrogens with one attached hydrogen (secondary N) is 1. The van der Waals surface area contributed by atoms with Crippen molar-refractivity contribution in [2.75, 3.05) is 5.75 Å². The summed E-state index contributed by atoms with van der Waals surface area (Å²) in [7, 11) is 0. The zero-order valence-corrected chi connectivity index (χ0v) is 19.0. The third-order valence-electron chi connectivity index (χ3n) is 4.58. The number of aromatic nitrogens is 2. The van der Waals surface area contributed by atoms with Crippen molar-refractivity contribution in [3.8, 4) is 0 Å². The molecule has 3 aromatic rings. The molecule has 0 bridgehead atoms. The van der Waals surface area contributed by atoms with Crippen molar-refractivity contribution in [3.05, 3.63) is 70.0 Å².